The van der Waals surface area contributed by atoms with Crippen LogP contribution in [0.1, 0.15) is 36.0 Å². The first kappa shape index (κ1) is 15.5. The molecule has 2 fully saturated rings. The fraction of sp³-hybridized carbons (Fsp3) is 0.588. The maximum atomic E-state index is 13.0. The largest absolute Gasteiger partial charge is 0.497 e. The zero-order valence-corrected chi connectivity index (χ0v) is 14.2. The van der Waals surface area contributed by atoms with E-state index in [2.05, 4.69) is 11.2 Å². The van der Waals surface area contributed by atoms with E-state index in [0.29, 0.717) is 34.4 Å². The summed E-state index contributed by atoms with van der Waals surface area (Å²) in [5.41, 5.74) is 0.641. The zero-order valence-electron chi connectivity index (χ0n) is 13.4. The topological polar surface area (TPSA) is 38.8 Å². The molecule has 0 N–H and O–H groups in total. The van der Waals surface area contributed by atoms with E-state index in [1.807, 2.05) is 23.9 Å². The fourth-order valence-corrected chi connectivity index (χ4v) is 4.59. The molecule has 0 aromatic heterocycles. The van der Waals surface area contributed by atoms with Gasteiger partial charge < -0.3 is 14.4 Å². The number of hydrogen-bond donors (Lipinski definition) is 0. The number of methoxy groups -OCH3 is 2. The fourth-order valence-electron chi connectivity index (χ4n) is 3.77. The van der Waals surface area contributed by atoms with Gasteiger partial charge in [0.1, 0.15) is 11.5 Å². The van der Waals surface area contributed by atoms with Crippen molar-refractivity contribution in [3.05, 3.63) is 23.8 Å². The Balaban J connectivity index is 1.86. The summed E-state index contributed by atoms with van der Waals surface area (Å²) in [7, 11) is 3.21. The third-order valence-corrected chi connectivity index (χ3v) is 5.95. The molecular weight excluding hydrogens is 298 g/mol. The van der Waals surface area contributed by atoms with Crippen molar-refractivity contribution in [1.82, 2.24) is 4.90 Å². The molecule has 120 valence electrons. The molecule has 2 aliphatic rings. The second-order valence-corrected chi connectivity index (χ2v) is 7.13. The third-order valence-electron chi connectivity index (χ3n) is 4.90. The van der Waals surface area contributed by atoms with Crippen molar-refractivity contribution >= 4 is 17.7 Å². The Morgan fingerprint density at radius 2 is 1.86 bits per heavy atom. The number of ether oxygens (including phenoxy) is 2. The zero-order chi connectivity index (χ0) is 15.7. The highest BCUT2D eigenvalue weighted by Crippen LogP contribution is 2.41. The summed E-state index contributed by atoms with van der Waals surface area (Å²) in [5, 5.41) is 0.694. The molecule has 5 heteroatoms. The van der Waals surface area contributed by atoms with Crippen molar-refractivity contribution in [2.45, 2.75) is 43.0 Å². The number of carbonyl (C=O) groups excluding carboxylic acids is 1. The number of fused-ring (bicyclic) bond motifs is 2. The van der Waals surface area contributed by atoms with Gasteiger partial charge in [0.15, 0.2) is 0 Å². The molecule has 1 amide bonds. The molecule has 0 spiro atoms. The molecule has 2 bridgehead atoms. The molecule has 4 nitrogen and oxygen atoms in total. The van der Waals surface area contributed by atoms with Crippen LogP contribution in [-0.2, 0) is 0 Å². The minimum Gasteiger partial charge on any atom is -0.497 e. The van der Waals surface area contributed by atoms with Crippen LogP contribution in [-0.4, -0.2) is 48.6 Å². The van der Waals surface area contributed by atoms with E-state index < -0.39 is 0 Å². The van der Waals surface area contributed by atoms with Gasteiger partial charge in [-0.25, -0.2) is 0 Å². The van der Waals surface area contributed by atoms with Gasteiger partial charge in [-0.1, -0.05) is 0 Å². The lowest BCUT2D eigenvalue weighted by molar-refractivity contribution is 0.0598. The van der Waals surface area contributed by atoms with E-state index in [4.69, 9.17) is 9.47 Å². The van der Waals surface area contributed by atoms with E-state index in [1.165, 1.54) is 0 Å². The van der Waals surface area contributed by atoms with Crippen molar-refractivity contribution in [2.75, 3.05) is 20.5 Å². The smallest absolute Gasteiger partial charge is 0.258 e. The lowest BCUT2D eigenvalue weighted by Gasteiger charge is -2.38. The number of nitrogens with zero attached hydrogens (tertiary/aromatic N) is 1. The van der Waals surface area contributed by atoms with Crippen molar-refractivity contribution in [1.29, 1.82) is 0 Å². The molecule has 0 aliphatic carbocycles. The van der Waals surface area contributed by atoms with E-state index in [-0.39, 0.29) is 5.91 Å². The van der Waals surface area contributed by atoms with Crippen LogP contribution in [0, 0.1) is 0 Å². The highest BCUT2D eigenvalue weighted by Gasteiger charge is 2.43. The maximum Gasteiger partial charge on any atom is 0.258 e. The lowest BCUT2D eigenvalue weighted by atomic mass is 10.0. The number of benzene rings is 1. The Bertz CT molecular complexity index is 549. The van der Waals surface area contributed by atoms with E-state index in [0.717, 1.165) is 25.7 Å². The Kier molecular flexibility index (Phi) is 4.52. The van der Waals surface area contributed by atoms with Crippen LogP contribution in [0.5, 0.6) is 11.5 Å². The molecule has 1 aromatic carbocycles. The maximum absolute atomic E-state index is 13.0. The molecular formula is C17H23NO3S. The number of piperidine rings is 1. The first-order chi connectivity index (χ1) is 10.7. The van der Waals surface area contributed by atoms with Crippen LogP contribution in [0.2, 0.25) is 0 Å². The quantitative estimate of drug-likeness (QED) is 0.853. The van der Waals surface area contributed by atoms with Crippen LogP contribution in [0.15, 0.2) is 18.2 Å². The first-order valence-electron chi connectivity index (χ1n) is 7.75. The molecule has 0 radical (unpaired) electrons. The normalized spacial score (nSPS) is 26.9. The van der Waals surface area contributed by atoms with Gasteiger partial charge in [0.05, 0.1) is 19.8 Å². The van der Waals surface area contributed by atoms with Crippen LogP contribution < -0.4 is 9.47 Å². The van der Waals surface area contributed by atoms with Crippen LogP contribution in [0.3, 0.4) is 0 Å². The molecule has 1 aromatic rings. The second kappa shape index (κ2) is 6.41. The molecule has 2 saturated heterocycles. The van der Waals surface area contributed by atoms with Crippen LogP contribution >= 0.6 is 11.8 Å². The predicted octanol–water partition coefficient (Wildman–Crippen LogP) is 3.20. The molecule has 2 aliphatic heterocycles. The van der Waals surface area contributed by atoms with Crippen molar-refractivity contribution in [2.24, 2.45) is 0 Å². The van der Waals surface area contributed by atoms with Crippen molar-refractivity contribution in [3.63, 3.8) is 0 Å². The Hall–Kier alpha value is -1.36. The lowest BCUT2D eigenvalue weighted by Crippen LogP contribution is -2.47. The standard InChI is InChI=1S/C17H23NO3S/c1-20-13-6-7-15(16(10-13)21-2)17(19)18-11-4-5-12(18)9-14(8-11)22-3/h6-7,10-12,14H,4-5,8-9H2,1-3H3. The Morgan fingerprint density at radius 3 is 2.41 bits per heavy atom. The SMILES string of the molecule is COc1ccc(C(=O)N2C3CCC2CC(SC)C3)c(OC)c1. The van der Waals surface area contributed by atoms with Gasteiger partial charge in [-0.2, -0.15) is 11.8 Å². The van der Waals surface area contributed by atoms with Gasteiger partial charge in [-0.05, 0) is 44.1 Å². The van der Waals surface area contributed by atoms with E-state index >= 15 is 0 Å². The molecule has 2 unspecified atom stereocenters. The van der Waals surface area contributed by atoms with Gasteiger partial charge in [0.2, 0.25) is 0 Å². The average molecular weight is 321 g/mol. The number of thioether (sulfide) groups is 1. The highest BCUT2D eigenvalue weighted by molar-refractivity contribution is 7.99. The Labute approximate surface area is 136 Å². The highest BCUT2D eigenvalue weighted by atomic mass is 32.2. The van der Waals surface area contributed by atoms with Gasteiger partial charge in [-0.15, -0.1) is 0 Å². The van der Waals surface area contributed by atoms with Crippen molar-refractivity contribution < 1.29 is 14.3 Å². The predicted molar refractivity (Wildman–Crippen MR) is 89.1 cm³/mol. The van der Waals surface area contributed by atoms with E-state index in [1.54, 1.807) is 20.3 Å². The molecule has 22 heavy (non-hydrogen) atoms. The molecule has 0 saturated carbocycles. The summed E-state index contributed by atoms with van der Waals surface area (Å²) in [6, 6.07) is 6.20. The number of carbonyl (C=O) groups is 1. The van der Waals surface area contributed by atoms with Crippen LogP contribution in [0.25, 0.3) is 0 Å². The van der Waals surface area contributed by atoms with Gasteiger partial charge in [0.25, 0.3) is 5.91 Å². The monoisotopic (exact) mass is 321 g/mol. The summed E-state index contributed by atoms with van der Waals surface area (Å²) >= 11 is 1.94. The molecule has 2 atom stereocenters. The summed E-state index contributed by atoms with van der Waals surface area (Å²) < 4.78 is 10.6. The third kappa shape index (κ3) is 2.67. The molecule has 3 rings (SSSR count). The summed E-state index contributed by atoms with van der Waals surface area (Å²) in [6.07, 6.45) is 6.66. The van der Waals surface area contributed by atoms with Crippen molar-refractivity contribution in [3.8, 4) is 11.5 Å². The average Bonchev–Trinajstić information content (AvgIpc) is 2.83. The summed E-state index contributed by atoms with van der Waals surface area (Å²) in [5.74, 6) is 1.40. The number of rotatable bonds is 4. The van der Waals surface area contributed by atoms with E-state index in [9.17, 15) is 4.79 Å². The summed E-state index contributed by atoms with van der Waals surface area (Å²) in [4.78, 5) is 15.1. The Morgan fingerprint density at radius 1 is 1.18 bits per heavy atom. The molecule has 2 heterocycles. The van der Waals surface area contributed by atoms with Gasteiger partial charge >= 0.3 is 0 Å². The number of hydrogen-bond acceptors (Lipinski definition) is 4. The second-order valence-electron chi connectivity index (χ2n) is 5.99. The van der Waals surface area contributed by atoms with Crippen LogP contribution in [0.4, 0.5) is 0 Å². The summed E-state index contributed by atoms with van der Waals surface area (Å²) in [6.45, 7) is 0. The van der Waals surface area contributed by atoms with Gasteiger partial charge in [0, 0.05) is 23.4 Å². The minimum atomic E-state index is 0.103. The number of amides is 1. The minimum absolute atomic E-state index is 0.103. The first-order valence-corrected chi connectivity index (χ1v) is 9.04. The van der Waals surface area contributed by atoms with Gasteiger partial charge in [-0.3, -0.25) is 4.79 Å².